The summed E-state index contributed by atoms with van der Waals surface area (Å²) in [5.41, 5.74) is -1.61. The van der Waals surface area contributed by atoms with Crippen LogP contribution >= 0.6 is 0 Å². The first-order valence-electron chi connectivity index (χ1n) is 13.7. The van der Waals surface area contributed by atoms with Crippen molar-refractivity contribution in [2.45, 2.75) is 77.4 Å². The quantitative estimate of drug-likeness (QED) is 0.291. The SMILES string of the molecule is Cc1cc(C(F)(F)F)c(C(=O)Nc2ccc(CC(NC(=O)C3(CCCCS(C)(=O)=O)CCCC3)C(=O)O)cc2)c(C)n1. The maximum absolute atomic E-state index is 13.6. The summed E-state index contributed by atoms with van der Waals surface area (Å²) >= 11 is 0. The van der Waals surface area contributed by atoms with E-state index in [1.807, 2.05) is 0 Å². The van der Waals surface area contributed by atoms with Gasteiger partial charge in [0, 0.05) is 35.2 Å². The average molecular weight is 612 g/mol. The van der Waals surface area contributed by atoms with Crippen molar-refractivity contribution in [1.82, 2.24) is 10.3 Å². The molecule has 0 bridgehead atoms. The molecule has 2 aromatic rings. The Balaban J connectivity index is 1.68. The van der Waals surface area contributed by atoms with Crippen molar-refractivity contribution >= 4 is 33.3 Å². The number of carboxylic acids is 1. The van der Waals surface area contributed by atoms with Crippen molar-refractivity contribution in [3.05, 3.63) is 58.4 Å². The number of alkyl halides is 3. The van der Waals surface area contributed by atoms with Crippen molar-refractivity contribution in [1.29, 1.82) is 0 Å². The van der Waals surface area contributed by atoms with Crippen LogP contribution in [0.5, 0.6) is 0 Å². The number of amides is 2. The van der Waals surface area contributed by atoms with E-state index in [-0.39, 0.29) is 35.2 Å². The zero-order valence-electron chi connectivity index (χ0n) is 23.8. The first kappa shape index (κ1) is 33.0. The normalized spacial score (nSPS) is 15.7. The van der Waals surface area contributed by atoms with Crippen LogP contribution in [0, 0.1) is 19.3 Å². The van der Waals surface area contributed by atoms with Crippen molar-refractivity contribution < 1.29 is 41.1 Å². The van der Waals surface area contributed by atoms with Gasteiger partial charge in [-0.2, -0.15) is 13.2 Å². The molecule has 230 valence electrons. The minimum absolute atomic E-state index is 0.0317. The van der Waals surface area contributed by atoms with Crippen LogP contribution in [0.2, 0.25) is 0 Å². The van der Waals surface area contributed by atoms with E-state index in [0.717, 1.165) is 25.2 Å². The number of pyridine rings is 1. The predicted octanol–water partition coefficient (Wildman–Crippen LogP) is 4.86. The van der Waals surface area contributed by atoms with E-state index in [9.17, 15) is 41.1 Å². The van der Waals surface area contributed by atoms with E-state index in [4.69, 9.17) is 0 Å². The molecule has 1 unspecified atom stereocenters. The summed E-state index contributed by atoms with van der Waals surface area (Å²) in [6, 6.07) is 5.52. The van der Waals surface area contributed by atoms with Gasteiger partial charge in [0.05, 0.1) is 16.8 Å². The number of rotatable bonds is 12. The Morgan fingerprint density at radius 1 is 1.07 bits per heavy atom. The minimum Gasteiger partial charge on any atom is -0.480 e. The number of nitrogens with zero attached hydrogens (tertiary/aromatic N) is 1. The third kappa shape index (κ3) is 8.76. The number of unbranched alkanes of at least 4 members (excludes halogenated alkanes) is 1. The Labute approximate surface area is 243 Å². The highest BCUT2D eigenvalue weighted by molar-refractivity contribution is 7.90. The molecule has 0 aliphatic heterocycles. The van der Waals surface area contributed by atoms with Crippen LogP contribution < -0.4 is 10.6 Å². The van der Waals surface area contributed by atoms with Gasteiger partial charge in [0.15, 0.2) is 0 Å². The molecule has 1 atom stereocenters. The van der Waals surface area contributed by atoms with Crippen LogP contribution in [0.15, 0.2) is 30.3 Å². The third-order valence-corrected chi connectivity index (χ3v) is 8.61. The lowest BCUT2D eigenvalue weighted by Crippen LogP contribution is -2.48. The maximum Gasteiger partial charge on any atom is 0.417 e. The van der Waals surface area contributed by atoms with Gasteiger partial charge in [-0.05, 0) is 63.3 Å². The van der Waals surface area contributed by atoms with Crippen LogP contribution in [0.3, 0.4) is 0 Å². The lowest BCUT2D eigenvalue weighted by atomic mass is 9.80. The van der Waals surface area contributed by atoms with Crippen LogP contribution in [-0.4, -0.2) is 54.3 Å². The fourth-order valence-electron chi connectivity index (χ4n) is 5.47. The number of carboxylic acid groups (broad SMARTS) is 1. The fourth-order valence-corrected chi connectivity index (χ4v) is 6.20. The van der Waals surface area contributed by atoms with E-state index in [1.165, 1.54) is 38.1 Å². The van der Waals surface area contributed by atoms with Crippen LogP contribution in [0.1, 0.15) is 77.8 Å². The molecular weight excluding hydrogens is 575 g/mol. The van der Waals surface area contributed by atoms with Crippen molar-refractivity contribution in [2.24, 2.45) is 5.41 Å². The lowest BCUT2D eigenvalue weighted by Gasteiger charge is -2.29. The first-order chi connectivity index (χ1) is 19.5. The highest BCUT2D eigenvalue weighted by Gasteiger charge is 2.42. The molecule has 1 saturated carbocycles. The molecule has 0 spiro atoms. The molecule has 2 amide bonds. The molecular formula is C29H36F3N3O6S. The number of benzene rings is 1. The first-order valence-corrected chi connectivity index (χ1v) is 15.7. The number of carbonyl (C=O) groups is 3. The van der Waals surface area contributed by atoms with E-state index < -0.39 is 50.5 Å². The largest absolute Gasteiger partial charge is 0.480 e. The number of sulfone groups is 1. The highest BCUT2D eigenvalue weighted by Crippen LogP contribution is 2.43. The second-order valence-corrected chi connectivity index (χ2v) is 13.3. The number of carbonyl (C=O) groups excluding carboxylic acids is 2. The lowest BCUT2D eigenvalue weighted by molar-refractivity contribution is -0.144. The topological polar surface area (TPSA) is 143 Å². The zero-order valence-corrected chi connectivity index (χ0v) is 24.6. The zero-order chi connectivity index (χ0) is 31.3. The van der Waals surface area contributed by atoms with E-state index >= 15 is 0 Å². The molecule has 0 radical (unpaired) electrons. The summed E-state index contributed by atoms with van der Waals surface area (Å²) in [6.07, 6.45) is 0.646. The smallest absolute Gasteiger partial charge is 0.417 e. The number of halogens is 3. The van der Waals surface area contributed by atoms with Crippen LogP contribution in [-0.2, 0) is 32.0 Å². The molecule has 42 heavy (non-hydrogen) atoms. The van der Waals surface area contributed by atoms with Gasteiger partial charge in [0.1, 0.15) is 15.9 Å². The Morgan fingerprint density at radius 3 is 2.24 bits per heavy atom. The molecule has 1 aromatic heterocycles. The van der Waals surface area contributed by atoms with E-state index in [2.05, 4.69) is 15.6 Å². The Bertz CT molecular complexity index is 1420. The molecule has 0 saturated heterocycles. The summed E-state index contributed by atoms with van der Waals surface area (Å²) in [4.78, 5) is 42.1. The maximum atomic E-state index is 13.6. The van der Waals surface area contributed by atoms with E-state index in [0.29, 0.717) is 37.7 Å². The molecule has 1 aliphatic carbocycles. The predicted molar refractivity (Wildman–Crippen MR) is 151 cm³/mol. The van der Waals surface area contributed by atoms with Gasteiger partial charge in [-0.15, -0.1) is 0 Å². The number of nitrogens with one attached hydrogen (secondary N) is 2. The van der Waals surface area contributed by atoms with Gasteiger partial charge in [0.2, 0.25) is 5.91 Å². The van der Waals surface area contributed by atoms with E-state index in [1.54, 1.807) is 0 Å². The van der Waals surface area contributed by atoms with Crippen molar-refractivity contribution in [3.63, 3.8) is 0 Å². The number of hydrogen-bond acceptors (Lipinski definition) is 6. The van der Waals surface area contributed by atoms with Crippen LogP contribution in [0.25, 0.3) is 0 Å². The summed E-state index contributed by atoms with van der Waals surface area (Å²) in [7, 11) is -3.11. The number of anilines is 1. The fraction of sp³-hybridized carbons (Fsp3) is 0.517. The van der Waals surface area contributed by atoms with Gasteiger partial charge < -0.3 is 15.7 Å². The third-order valence-electron chi connectivity index (χ3n) is 7.58. The number of aryl methyl sites for hydroxylation is 2. The summed E-state index contributed by atoms with van der Waals surface area (Å²) < 4.78 is 63.6. The molecule has 9 nitrogen and oxygen atoms in total. The second kappa shape index (κ2) is 13.2. The molecule has 3 N–H and O–H groups in total. The molecule has 3 rings (SSSR count). The van der Waals surface area contributed by atoms with Gasteiger partial charge >= 0.3 is 12.1 Å². The standard InChI is InChI=1S/C29H36F3N3O6S/c1-18-16-22(29(30,31)32)24(19(2)33-18)25(36)34-21-10-8-20(9-11-21)17-23(26(37)38)35-27(39)28(12-4-5-13-28)14-6-7-15-42(3,40)41/h8-11,16,23H,4-7,12-15,17H2,1-3H3,(H,34,36)(H,35,39)(H,37,38). The van der Waals surface area contributed by atoms with Crippen molar-refractivity contribution in [3.8, 4) is 0 Å². The summed E-state index contributed by atoms with van der Waals surface area (Å²) in [5.74, 6) is -2.54. The Hall–Kier alpha value is -3.48. The number of hydrogen-bond donors (Lipinski definition) is 3. The molecule has 1 aromatic carbocycles. The average Bonchev–Trinajstić information content (AvgIpc) is 3.36. The Kier molecular flexibility index (Phi) is 10.4. The summed E-state index contributed by atoms with van der Waals surface area (Å²) in [6.45, 7) is 2.73. The minimum atomic E-state index is -4.75. The molecule has 1 fully saturated rings. The number of aromatic nitrogens is 1. The second-order valence-electron chi connectivity index (χ2n) is 11.1. The van der Waals surface area contributed by atoms with Gasteiger partial charge in [-0.1, -0.05) is 31.4 Å². The number of aliphatic carboxylic acids is 1. The summed E-state index contributed by atoms with van der Waals surface area (Å²) in [5, 5.41) is 14.9. The van der Waals surface area contributed by atoms with Gasteiger partial charge in [0.25, 0.3) is 5.91 Å². The van der Waals surface area contributed by atoms with Crippen LogP contribution in [0.4, 0.5) is 18.9 Å². The monoisotopic (exact) mass is 611 g/mol. The molecule has 1 aliphatic rings. The highest BCUT2D eigenvalue weighted by atomic mass is 32.2. The van der Waals surface area contributed by atoms with Gasteiger partial charge in [-0.3, -0.25) is 14.6 Å². The van der Waals surface area contributed by atoms with Gasteiger partial charge in [-0.25, -0.2) is 13.2 Å². The molecule has 1 heterocycles. The molecule has 13 heteroatoms. The van der Waals surface area contributed by atoms with Crippen molar-refractivity contribution in [2.75, 3.05) is 17.3 Å². The Morgan fingerprint density at radius 2 is 1.69 bits per heavy atom.